The summed E-state index contributed by atoms with van der Waals surface area (Å²) in [6.45, 7) is 9.54. The fraction of sp³-hybridized carbons (Fsp3) is 0.588. The summed E-state index contributed by atoms with van der Waals surface area (Å²) in [5.41, 5.74) is 2.54. The van der Waals surface area contributed by atoms with Crippen molar-refractivity contribution in [3.63, 3.8) is 0 Å². The Kier molecular flexibility index (Phi) is 7.74. The summed E-state index contributed by atoms with van der Waals surface area (Å²) in [4.78, 5) is 13.3. The van der Waals surface area contributed by atoms with Crippen LogP contribution in [0.1, 0.15) is 44.7 Å². The van der Waals surface area contributed by atoms with E-state index in [-0.39, 0.29) is 5.91 Å². The summed E-state index contributed by atoms with van der Waals surface area (Å²) in [7, 11) is 2.33. The molecule has 1 unspecified atom stereocenters. The molecule has 0 bridgehead atoms. The quantitative estimate of drug-likeness (QED) is 0.790. The Balaban J connectivity index is 0.00000106. The number of carbonyl (C=O) groups excluding carboxylic acids is 1. The highest BCUT2D eigenvalue weighted by Crippen LogP contribution is 2.28. The molecule has 21 heavy (non-hydrogen) atoms. The summed E-state index contributed by atoms with van der Waals surface area (Å²) in [5.74, 6) is 1.80. The van der Waals surface area contributed by atoms with Gasteiger partial charge in [0.25, 0.3) is 0 Å². The van der Waals surface area contributed by atoms with Crippen molar-refractivity contribution in [1.29, 1.82) is 0 Å². The van der Waals surface area contributed by atoms with Crippen LogP contribution in [0, 0.1) is 12.8 Å². The minimum Gasteiger partial charge on any atom is -0.480 e. The highest BCUT2D eigenvalue weighted by molar-refractivity contribution is 7.10. The average molecular weight is 309 g/mol. The van der Waals surface area contributed by atoms with Gasteiger partial charge in [-0.05, 0) is 43.7 Å². The summed E-state index contributed by atoms with van der Waals surface area (Å²) in [5, 5.41) is 0. The number of nitrogens with zero attached hydrogens (tertiary/aromatic N) is 1. The van der Waals surface area contributed by atoms with Crippen LogP contribution in [0.3, 0.4) is 0 Å². The molecule has 1 heterocycles. The zero-order chi connectivity index (χ0) is 15.8. The molecule has 2 rings (SSSR count). The predicted octanol–water partition coefficient (Wildman–Crippen LogP) is 3.99. The standard InChI is InChI=1S/C15H22NO2P.C2H6/c1-11-3-4-15(18-19)14(9-11)10-13-5-7-16(8-6-13)12(2)17;1-2/h3-4,9,13H,5-8,10,19H2,1-2H3;1-2H3. The highest BCUT2D eigenvalue weighted by Gasteiger charge is 2.21. The predicted molar refractivity (Wildman–Crippen MR) is 91.5 cm³/mol. The first-order chi connectivity index (χ1) is 10.1. The van der Waals surface area contributed by atoms with Crippen molar-refractivity contribution in [2.45, 2.75) is 47.0 Å². The first-order valence-corrected chi connectivity index (χ1v) is 8.29. The molecule has 4 heteroatoms. The van der Waals surface area contributed by atoms with Gasteiger partial charge in [0.2, 0.25) is 5.91 Å². The van der Waals surface area contributed by atoms with Crippen LogP contribution in [0.25, 0.3) is 0 Å². The van der Waals surface area contributed by atoms with Gasteiger partial charge in [0.15, 0.2) is 0 Å². The van der Waals surface area contributed by atoms with Crippen molar-refractivity contribution in [3.05, 3.63) is 29.3 Å². The molecule has 0 saturated carbocycles. The fourth-order valence-corrected chi connectivity index (χ4v) is 2.98. The van der Waals surface area contributed by atoms with E-state index in [1.54, 1.807) is 6.92 Å². The molecule has 1 aliphatic rings. The summed E-state index contributed by atoms with van der Waals surface area (Å²) >= 11 is 0. The molecule has 1 amide bonds. The molecule has 1 fully saturated rings. The lowest BCUT2D eigenvalue weighted by Gasteiger charge is -2.31. The lowest BCUT2D eigenvalue weighted by Crippen LogP contribution is -2.37. The van der Waals surface area contributed by atoms with Crippen molar-refractivity contribution in [2.75, 3.05) is 13.1 Å². The van der Waals surface area contributed by atoms with Crippen molar-refractivity contribution in [2.24, 2.45) is 5.92 Å². The number of rotatable bonds is 3. The van der Waals surface area contributed by atoms with Gasteiger partial charge in [0, 0.05) is 20.0 Å². The number of amides is 1. The molecule has 0 aliphatic carbocycles. The third-order valence-corrected chi connectivity index (χ3v) is 4.17. The number of hydrogen-bond donors (Lipinski definition) is 0. The number of benzene rings is 1. The normalized spacial score (nSPS) is 15.2. The number of aryl methyl sites for hydroxylation is 1. The van der Waals surface area contributed by atoms with Gasteiger partial charge < -0.3 is 9.42 Å². The lowest BCUT2D eigenvalue weighted by molar-refractivity contribution is -0.130. The second-order valence-corrected chi connectivity index (χ2v) is 5.62. The van der Waals surface area contributed by atoms with Crippen LogP contribution in [0.15, 0.2) is 18.2 Å². The number of piperidine rings is 1. The van der Waals surface area contributed by atoms with Crippen molar-refractivity contribution in [3.8, 4) is 5.75 Å². The zero-order valence-electron chi connectivity index (χ0n) is 13.7. The fourth-order valence-electron chi connectivity index (χ4n) is 2.75. The average Bonchev–Trinajstić information content (AvgIpc) is 2.50. The lowest BCUT2D eigenvalue weighted by atomic mass is 9.89. The Morgan fingerprint density at radius 2 is 1.95 bits per heavy atom. The van der Waals surface area contributed by atoms with Crippen molar-refractivity contribution in [1.82, 2.24) is 4.90 Å². The number of carbonyl (C=O) groups is 1. The summed E-state index contributed by atoms with van der Waals surface area (Å²) < 4.78 is 5.35. The number of hydrogen-bond acceptors (Lipinski definition) is 2. The smallest absolute Gasteiger partial charge is 0.219 e. The SMILES string of the molecule is CC.CC(=O)N1CCC(Cc2cc(C)ccc2OP)CC1. The molecule has 1 aliphatic heterocycles. The maximum Gasteiger partial charge on any atom is 0.219 e. The zero-order valence-corrected chi connectivity index (χ0v) is 14.8. The van der Waals surface area contributed by atoms with E-state index in [9.17, 15) is 4.79 Å². The molecule has 118 valence electrons. The van der Waals surface area contributed by atoms with E-state index in [1.807, 2.05) is 24.8 Å². The molecule has 3 nitrogen and oxygen atoms in total. The highest BCUT2D eigenvalue weighted by atomic mass is 31.0. The largest absolute Gasteiger partial charge is 0.480 e. The van der Waals surface area contributed by atoms with Crippen LogP contribution in [-0.4, -0.2) is 23.9 Å². The van der Waals surface area contributed by atoms with Gasteiger partial charge in [0.1, 0.15) is 5.75 Å². The second kappa shape index (κ2) is 9.04. The Bertz CT molecular complexity index is 454. The molecule has 1 saturated heterocycles. The van der Waals surface area contributed by atoms with Crippen LogP contribution < -0.4 is 4.52 Å². The Morgan fingerprint density at radius 1 is 1.33 bits per heavy atom. The first kappa shape index (κ1) is 18.0. The van der Waals surface area contributed by atoms with E-state index in [2.05, 4.69) is 28.5 Å². The van der Waals surface area contributed by atoms with Gasteiger partial charge in [-0.3, -0.25) is 4.79 Å². The topological polar surface area (TPSA) is 29.5 Å². The monoisotopic (exact) mass is 309 g/mol. The van der Waals surface area contributed by atoms with Crippen molar-refractivity contribution < 1.29 is 9.32 Å². The summed E-state index contributed by atoms with van der Waals surface area (Å²) in [6, 6.07) is 6.31. The third-order valence-electron chi connectivity index (χ3n) is 3.91. The molecule has 0 N–H and O–H groups in total. The van der Waals surface area contributed by atoms with Crippen LogP contribution in [-0.2, 0) is 11.2 Å². The molecular formula is C17H28NO2P. The van der Waals surface area contributed by atoms with Gasteiger partial charge in [-0.2, -0.15) is 0 Å². The molecule has 1 aromatic rings. The van der Waals surface area contributed by atoms with Gasteiger partial charge in [-0.25, -0.2) is 0 Å². The summed E-state index contributed by atoms with van der Waals surface area (Å²) in [6.07, 6.45) is 3.21. The Labute approximate surface area is 131 Å². The van der Waals surface area contributed by atoms with Gasteiger partial charge >= 0.3 is 0 Å². The van der Waals surface area contributed by atoms with Crippen LogP contribution >= 0.6 is 9.47 Å². The minimum absolute atomic E-state index is 0.197. The van der Waals surface area contributed by atoms with E-state index in [1.165, 1.54) is 11.1 Å². The molecule has 1 atom stereocenters. The molecule has 1 aromatic carbocycles. The van der Waals surface area contributed by atoms with Crippen LogP contribution in [0.5, 0.6) is 5.75 Å². The Morgan fingerprint density at radius 3 is 2.48 bits per heavy atom. The van der Waals surface area contributed by atoms with E-state index in [4.69, 9.17) is 4.52 Å². The van der Waals surface area contributed by atoms with Gasteiger partial charge in [-0.15, -0.1) is 0 Å². The van der Waals surface area contributed by atoms with E-state index >= 15 is 0 Å². The van der Waals surface area contributed by atoms with Crippen LogP contribution in [0.2, 0.25) is 0 Å². The van der Waals surface area contributed by atoms with E-state index in [0.29, 0.717) is 5.92 Å². The molecular weight excluding hydrogens is 281 g/mol. The van der Waals surface area contributed by atoms with Gasteiger partial charge in [-0.1, -0.05) is 31.5 Å². The van der Waals surface area contributed by atoms with E-state index in [0.717, 1.165) is 38.1 Å². The number of likely N-dealkylation sites (tertiary alicyclic amines) is 1. The van der Waals surface area contributed by atoms with Crippen molar-refractivity contribution >= 4 is 15.4 Å². The maximum absolute atomic E-state index is 11.3. The third kappa shape index (κ3) is 5.32. The van der Waals surface area contributed by atoms with Crippen LogP contribution in [0.4, 0.5) is 0 Å². The Hall–Kier alpha value is -1.08. The van der Waals surface area contributed by atoms with Gasteiger partial charge in [0.05, 0.1) is 9.47 Å². The molecule has 0 spiro atoms. The minimum atomic E-state index is 0.197. The molecule has 0 radical (unpaired) electrons. The molecule has 0 aromatic heterocycles. The van der Waals surface area contributed by atoms with E-state index < -0.39 is 0 Å². The second-order valence-electron chi connectivity index (χ2n) is 5.38. The first-order valence-electron chi connectivity index (χ1n) is 7.82. The maximum atomic E-state index is 11.3.